The van der Waals surface area contributed by atoms with Crippen molar-refractivity contribution >= 4 is 27.7 Å². The first-order chi connectivity index (χ1) is 17.6. The number of hydrogen-bond donors (Lipinski definition) is 3. The lowest BCUT2D eigenvalue weighted by molar-refractivity contribution is -0.202. The van der Waals surface area contributed by atoms with E-state index in [1.807, 2.05) is 44.2 Å². The SMILES string of the molecule is COCCNNC(=O)[C@@](CC(C)C)([C@@H](C/C=C/c1ccccc1)C(=O)NOC1CCCCO1)S(C)(=O)=O. The van der Waals surface area contributed by atoms with Crippen molar-refractivity contribution in [2.75, 3.05) is 33.1 Å². The first-order valence-corrected chi connectivity index (χ1v) is 14.5. The van der Waals surface area contributed by atoms with Gasteiger partial charge in [-0.2, -0.15) is 0 Å². The molecule has 3 N–H and O–H groups in total. The third-order valence-electron chi connectivity index (χ3n) is 6.18. The van der Waals surface area contributed by atoms with Gasteiger partial charge in [0, 0.05) is 32.9 Å². The number of hydrazine groups is 1. The second-order valence-corrected chi connectivity index (χ2v) is 11.9. The van der Waals surface area contributed by atoms with Crippen LogP contribution < -0.4 is 16.3 Å². The van der Waals surface area contributed by atoms with E-state index in [9.17, 15) is 18.0 Å². The molecule has 2 amide bonds. The summed E-state index contributed by atoms with van der Waals surface area (Å²) in [5, 5.41) is 0. The Balaban J connectivity index is 2.43. The highest BCUT2D eigenvalue weighted by molar-refractivity contribution is 7.93. The monoisotopic (exact) mass is 539 g/mol. The molecule has 37 heavy (non-hydrogen) atoms. The van der Waals surface area contributed by atoms with E-state index < -0.39 is 38.6 Å². The third-order valence-corrected chi connectivity index (χ3v) is 8.14. The van der Waals surface area contributed by atoms with Crippen LogP contribution in [0.15, 0.2) is 36.4 Å². The molecule has 0 bridgehead atoms. The lowest BCUT2D eigenvalue weighted by Gasteiger charge is -2.38. The van der Waals surface area contributed by atoms with E-state index in [2.05, 4.69) is 16.3 Å². The van der Waals surface area contributed by atoms with Gasteiger partial charge in [-0.3, -0.25) is 15.0 Å². The van der Waals surface area contributed by atoms with Crippen molar-refractivity contribution in [3.63, 3.8) is 0 Å². The molecule has 1 saturated heterocycles. The molecule has 2 rings (SSSR count). The summed E-state index contributed by atoms with van der Waals surface area (Å²) in [6.45, 7) is 4.70. The fraction of sp³-hybridized carbons (Fsp3) is 0.615. The molecule has 0 aliphatic carbocycles. The predicted octanol–water partition coefficient (Wildman–Crippen LogP) is 2.38. The van der Waals surface area contributed by atoms with Gasteiger partial charge in [-0.1, -0.05) is 56.3 Å². The minimum atomic E-state index is -4.11. The largest absolute Gasteiger partial charge is 0.383 e. The molecule has 0 spiro atoms. The van der Waals surface area contributed by atoms with E-state index in [-0.39, 0.29) is 25.3 Å². The zero-order chi connectivity index (χ0) is 27.3. The number of hydrogen-bond acceptors (Lipinski definition) is 8. The smallest absolute Gasteiger partial charge is 0.256 e. The summed E-state index contributed by atoms with van der Waals surface area (Å²) >= 11 is 0. The van der Waals surface area contributed by atoms with Gasteiger partial charge in [0.2, 0.25) is 5.91 Å². The Morgan fingerprint density at radius 3 is 2.54 bits per heavy atom. The van der Waals surface area contributed by atoms with Crippen molar-refractivity contribution in [1.82, 2.24) is 16.3 Å². The minimum Gasteiger partial charge on any atom is -0.383 e. The zero-order valence-electron chi connectivity index (χ0n) is 22.2. The Bertz CT molecular complexity index is 979. The van der Waals surface area contributed by atoms with Crippen molar-refractivity contribution in [2.24, 2.45) is 11.8 Å². The molecular formula is C26H41N3O7S. The molecule has 1 heterocycles. The Morgan fingerprint density at radius 1 is 1.22 bits per heavy atom. The highest BCUT2D eigenvalue weighted by Gasteiger charge is 2.56. The van der Waals surface area contributed by atoms with E-state index in [0.717, 1.165) is 24.7 Å². The maximum atomic E-state index is 13.6. The Hall–Kier alpha value is -2.31. The molecule has 11 heteroatoms. The Labute approximate surface area is 220 Å². The molecule has 10 nitrogen and oxygen atoms in total. The summed E-state index contributed by atoms with van der Waals surface area (Å²) in [6, 6.07) is 9.41. The van der Waals surface area contributed by atoms with Gasteiger partial charge >= 0.3 is 0 Å². The van der Waals surface area contributed by atoms with E-state index in [0.29, 0.717) is 19.6 Å². The van der Waals surface area contributed by atoms with Crippen LogP contribution in [0, 0.1) is 11.8 Å². The zero-order valence-corrected chi connectivity index (χ0v) is 23.0. The number of allylic oxidation sites excluding steroid dienone is 1. The average Bonchev–Trinajstić information content (AvgIpc) is 2.87. The first kappa shape index (κ1) is 30.9. The van der Waals surface area contributed by atoms with Crippen LogP contribution in [0.3, 0.4) is 0 Å². The maximum absolute atomic E-state index is 13.6. The number of sulfone groups is 1. The average molecular weight is 540 g/mol. The van der Waals surface area contributed by atoms with Gasteiger partial charge in [-0.05, 0) is 37.2 Å². The number of nitrogens with one attached hydrogen (secondary N) is 3. The minimum absolute atomic E-state index is 0.0130. The van der Waals surface area contributed by atoms with Crippen molar-refractivity contribution in [2.45, 2.75) is 57.0 Å². The molecule has 1 fully saturated rings. The second-order valence-electron chi connectivity index (χ2n) is 9.61. The van der Waals surface area contributed by atoms with Gasteiger partial charge < -0.3 is 9.47 Å². The highest BCUT2D eigenvalue weighted by Crippen LogP contribution is 2.37. The molecule has 1 unspecified atom stereocenters. The number of ether oxygens (including phenoxy) is 2. The van der Waals surface area contributed by atoms with Crippen LogP contribution in [0.4, 0.5) is 0 Å². The molecule has 1 aliphatic rings. The number of amides is 2. The number of methoxy groups -OCH3 is 1. The lowest BCUT2D eigenvalue weighted by Crippen LogP contribution is -2.63. The summed E-state index contributed by atoms with van der Waals surface area (Å²) in [6.07, 6.45) is 6.19. The normalized spacial score (nSPS) is 18.9. The maximum Gasteiger partial charge on any atom is 0.256 e. The summed E-state index contributed by atoms with van der Waals surface area (Å²) in [7, 11) is -2.60. The molecule has 1 aromatic rings. The molecule has 3 atom stereocenters. The summed E-state index contributed by atoms with van der Waals surface area (Å²) in [4.78, 5) is 32.7. The van der Waals surface area contributed by atoms with E-state index in [4.69, 9.17) is 14.3 Å². The Kier molecular flexibility index (Phi) is 12.7. The Morgan fingerprint density at radius 2 is 1.95 bits per heavy atom. The van der Waals surface area contributed by atoms with Crippen LogP contribution >= 0.6 is 0 Å². The van der Waals surface area contributed by atoms with Crippen molar-refractivity contribution in [3.8, 4) is 0 Å². The fourth-order valence-electron chi connectivity index (χ4n) is 4.39. The number of carbonyl (C=O) groups is 2. The number of carbonyl (C=O) groups excluding carboxylic acids is 2. The quantitative estimate of drug-likeness (QED) is 0.229. The van der Waals surface area contributed by atoms with Crippen LogP contribution in [0.5, 0.6) is 0 Å². The van der Waals surface area contributed by atoms with Gasteiger partial charge in [0.25, 0.3) is 5.91 Å². The van der Waals surface area contributed by atoms with Crippen LogP contribution in [0.2, 0.25) is 0 Å². The molecule has 0 saturated carbocycles. The highest BCUT2D eigenvalue weighted by atomic mass is 32.2. The molecule has 0 radical (unpaired) electrons. The molecule has 1 aliphatic heterocycles. The van der Waals surface area contributed by atoms with Gasteiger partial charge in [0.15, 0.2) is 20.9 Å². The third kappa shape index (κ3) is 9.19. The topological polar surface area (TPSA) is 132 Å². The number of benzene rings is 1. The van der Waals surface area contributed by atoms with Gasteiger partial charge in [0.05, 0.1) is 12.5 Å². The summed E-state index contributed by atoms with van der Waals surface area (Å²) < 4.78 is 35.3. The lowest BCUT2D eigenvalue weighted by atomic mass is 9.81. The van der Waals surface area contributed by atoms with Gasteiger partial charge in [-0.25, -0.2) is 24.2 Å². The van der Waals surface area contributed by atoms with Crippen molar-refractivity contribution < 1.29 is 32.3 Å². The van der Waals surface area contributed by atoms with Gasteiger partial charge in [-0.15, -0.1) is 0 Å². The molecular weight excluding hydrogens is 498 g/mol. The van der Waals surface area contributed by atoms with Gasteiger partial charge in [0.1, 0.15) is 0 Å². The second kappa shape index (κ2) is 15.2. The fourth-order valence-corrected chi connectivity index (χ4v) is 6.14. The number of rotatable bonds is 15. The molecule has 1 aromatic carbocycles. The molecule has 0 aromatic heterocycles. The van der Waals surface area contributed by atoms with Crippen LogP contribution in [-0.2, 0) is 33.7 Å². The molecule has 208 valence electrons. The van der Waals surface area contributed by atoms with E-state index in [1.165, 1.54) is 7.11 Å². The predicted molar refractivity (Wildman–Crippen MR) is 141 cm³/mol. The van der Waals surface area contributed by atoms with E-state index in [1.54, 1.807) is 12.2 Å². The summed E-state index contributed by atoms with van der Waals surface area (Å²) in [5.74, 6) is -3.00. The van der Waals surface area contributed by atoms with Crippen LogP contribution in [0.1, 0.15) is 51.5 Å². The standard InChI is InChI=1S/C26H41N3O7S/c1-20(2)19-26(37(4,32)33,25(31)28-27-16-18-34-3)22(14-10-13-21-11-6-5-7-12-21)24(30)29-36-23-15-8-9-17-35-23/h5-7,10-13,20,22-23,27H,8-9,14-19H2,1-4H3,(H,28,31)(H,29,30)/b13-10+/t22-,23?,26+/m0/s1. The summed E-state index contributed by atoms with van der Waals surface area (Å²) in [5.41, 5.74) is 8.49. The van der Waals surface area contributed by atoms with Crippen LogP contribution in [-0.4, -0.2) is 64.4 Å². The first-order valence-electron chi connectivity index (χ1n) is 12.6. The van der Waals surface area contributed by atoms with Crippen molar-refractivity contribution in [1.29, 1.82) is 0 Å². The number of hydroxylamine groups is 1. The van der Waals surface area contributed by atoms with Crippen molar-refractivity contribution in [3.05, 3.63) is 42.0 Å². The van der Waals surface area contributed by atoms with E-state index >= 15 is 0 Å². The van der Waals surface area contributed by atoms with Crippen LogP contribution in [0.25, 0.3) is 6.08 Å².